The van der Waals surface area contributed by atoms with Crippen molar-refractivity contribution in [1.29, 1.82) is 0 Å². The van der Waals surface area contributed by atoms with Gasteiger partial charge in [0.1, 0.15) is 11.8 Å². The minimum absolute atomic E-state index is 0.0854. The molecule has 0 spiro atoms. The lowest BCUT2D eigenvalue weighted by Crippen LogP contribution is -2.35. The molecule has 1 unspecified atom stereocenters. The molecule has 2 atom stereocenters. The van der Waals surface area contributed by atoms with E-state index < -0.39 is 6.04 Å². The Hall–Kier alpha value is -4.26. The number of nitrogens with two attached hydrogens (primary N) is 1. The van der Waals surface area contributed by atoms with E-state index >= 15 is 0 Å². The number of amides is 1. The van der Waals surface area contributed by atoms with Gasteiger partial charge in [0.25, 0.3) is 5.56 Å². The molecule has 3 aromatic carbocycles. The van der Waals surface area contributed by atoms with Crippen molar-refractivity contribution in [3.05, 3.63) is 99.5 Å². The van der Waals surface area contributed by atoms with Crippen LogP contribution in [0.15, 0.2) is 71.7 Å². The number of aromatic nitrogens is 1. The van der Waals surface area contributed by atoms with Gasteiger partial charge < -0.3 is 26.0 Å². The average molecular weight is 513 g/mol. The highest BCUT2D eigenvalue weighted by Crippen LogP contribution is 2.30. The summed E-state index contributed by atoms with van der Waals surface area (Å²) in [5.41, 5.74) is 10.7. The minimum Gasteiger partial charge on any atom is -0.508 e. The molecular weight excluding hydrogens is 476 g/mol. The van der Waals surface area contributed by atoms with Crippen molar-refractivity contribution in [2.24, 2.45) is 0 Å². The Labute approximate surface area is 223 Å². The van der Waals surface area contributed by atoms with Gasteiger partial charge in [-0.3, -0.25) is 9.59 Å². The fraction of sp³-hybridized carbons (Fsp3) is 0.290. The van der Waals surface area contributed by atoms with Crippen molar-refractivity contribution in [3.63, 3.8) is 0 Å². The number of benzene rings is 3. The quantitative estimate of drug-likeness (QED) is 0.166. The third-order valence-corrected chi connectivity index (χ3v) is 7.10. The predicted octanol–water partition coefficient (Wildman–Crippen LogP) is 5.84. The van der Waals surface area contributed by atoms with Crippen LogP contribution in [0.5, 0.6) is 5.75 Å². The second-order valence-corrected chi connectivity index (χ2v) is 10.1. The van der Waals surface area contributed by atoms with Gasteiger partial charge in [0.05, 0.1) is 0 Å². The molecule has 7 nitrogen and oxygen atoms in total. The van der Waals surface area contributed by atoms with E-state index in [4.69, 9.17) is 5.73 Å². The van der Waals surface area contributed by atoms with E-state index in [0.29, 0.717) is 28.2 Å². The lowest BCUT2D eigenvalue weighted by molar-refractivity contribution is -0.131. The number of phenols is 1. The van der Waals surface area contributed by atoms with Crippen LogP contribution in [0.4, 0.5) is 11.4 Å². The molecule has 0 radical (unpaired) electrons. The number of aromatic hydroxyl groups is 1. The fourth-order valence-corrected chi connectivity index (χ4v) is 5.03. The van der Waals surface area contributed by atoms with E-state index in [-0.39, 0.29) is 23.8 Å². The van der Waals surface area contributed by atoms with E-state index in [1.807, 2.05) is 24.3 Å². The molecular formula is C31H36N4O3. The average Bonchev–Trinajstić information content (AvgIpc) is 2.89. The van der Waals surface area contributed by atoms with Crippen LogP contribution in [0.3, 0.4) is 0 Å². The van der Waals surface area contributed by atoms with Crippen LogP contribution in [0.1, 0.15) is 60.9 Å². The van der Waals surface area contributed by atoms with Gasteiger partial charge in [0, 0.05) is 42.1 Å². The summed E-state index contributed by atoms with van der Waals surface area (Å²) in [6.07, 6.45) is 3.82. The highest BCUT2D eigenvalue weighted by atomic mass is 16.3. The molecule has 0 aliphatic carbocycles. The van der Waals surface area contributed by atoms with Crippen molar-refractivity contribution >= 4 is 28.1 Å². The highest BCUT2D eigenvalue weighted by Gasteiger charge is 2.26. The molecule has 0 aliphatic rings. The Kier molecular flexibility index (Phi) is 8.05. The molecule has 1 amide bonds. The van der Waals surface area contributed by atoms with Crippen molar-refractivity contribution in [3.8, 4) is 5.75 Å². The zero-order chi connectivity index (χ0) is 27.4. The van der Waals surface area contributed by atoms with Crippen molar-refractivity contribution < 1.29 is 9.90 Å². The topological polar surface area (TPSA) is 111 Å². The van der Waals surface area contributed by atoms with Crippen LogP contribution in [-0.2, 0) is 11.3 Å². The van der Waals surface area contributed by atoms with Crippen LogP contribution >= 0.6 is 0 Å². The summed E-state index contributed by atoms with van der Waals surface area (Å²) >= 11 is 0. The van der Waals surface area contributed by atoms with E-state index in [9.17, 15) is 14.7 Å². The first-order valence-electron chi connectivity index (χ1n) is 13.0. The molecule has 0 saturated carbocycles. The summed E-state index contributed by atoms with van der Waals surface area (Å²) in [6.45, 7) is 6.68. The molecule has 0 fully saturated rings. The molecule has 0 aliphatic heterocycles. The third kappa shape index (κ3) is 5.83. The number of hydrogen-bond acceptors (Lipinski definition) is 5. The number of phenolic OH excluding ortho intramolecular Hbond substituents is 1. The lowest BCUT2D eigenvalue weighted by Gasteiger charge is -2.27. The van der Waals surface area contributed by atoms with E-state index in [0.717, 1.165) is 29.4 Å². The summed E-state index contributed by atoms with van der Waals surface area (Å²) in [4.78, 5) is 30.6. The maximum atomic E-state index is 13.9. The molecule has 5 N–H and O–H groups in total. The molecule has 4 rings (SSSR count). The maximum absolute atomic E-state index is 13.9. The Morgan fingerprint density at radius 1 is 1.11 bits per heavy atom. The van der Waals surface area contributed by atoms with Crippen molar-refractivity contribution in [2.75, 3.05) is 18.1 Å². The van der Waals surface area contributed by atoms with Crippen LogP contribution in [0, 0.1) is 6.92 Å². The molecule has 0 bridgehead atoms. The monoisotopic (exact) mass is 512 g/mol. The summed E-state index contributed by atoms with van der Waals surface area (Å²) in [6, 6.07) is 17.6. The lowest BCUT2D eigenvalue weighted by atomic mass is 9.90. The Morgan fingerprint density at radius 3 is 2.63 bits per heavy atom. The van der Waals surface area contributed by atoms with Gasteiger partial charge in [0.2, 0.25) is 5.91 Å². The Morgan fingerprint density at radius 2 is 1.89 bits per heavy atom. The summed E-state index contributed by atoms with van der Waals surface area (Å²) in [5.74, 6) is 0.336. The number of likely N-dealkylation sites (N-methyl/N-ethyl adjacent to an activating group) is 1. The molecule has 198 valence electrons. The number of H-pyrrole nitrogens is 1. The first kappa shape index (κ1) is 26.8. The van der Waals surface area contributed by atoms with Crippen LogP contribution in [0.2, 0.25) is 0 Å². The van der Waals surface area contributed by atoms with Crippen LogP contribution < -0.4 is 16.6 Å². The maximum Gasteiger partial charge on any atom is 0.255 e. The smallest absolute Gasteiger partial charge is 0.255 e. The minimum atomic E-state index is -0.710. The predicted molar refractivity (Wildman–Crippen MR) is 154 cm³/mol. The standard InChI is InChI=1S/C31H36N4O3/c1-5-6-19(2)26-11-8-22(15-20(26)3)29(31(38)35(4)18-23-16-24(32)9-12-28(23)36)34-25-10-7-21-13-14-33-30(37)27(21)17-25/h7-17,19,29,34,36H,5-6,18,32H2,1-4H3,(H,33,37)/t19-,29?/m0/s1. The first-order valence-corrected chi connectivity index (χ1v) is 13.0. The summed E-state index contributed by atoms with van der Waals surface area (Å²) < 4.78 is 0. The van der Waals surface area contributed by atoms with Crippen molar-refractivity contribution in [1.82, 2.24) is 9.88 Å². The molecule has 38 heavy (non-hydrogen) atoms. The Bertz CT molecular complexity index is 1510. The number of aromatic amines is 1. The van der Waals surface area contributed by atoms with Crippen LogP contribution in [-0.4, -0.2) is 27.9 Å². The number of anilines is 2. The summed E-state index contributed by atoms with van der Waals surface area (Å²) in [7, 11) is 1.70. The normalized spacial score (nSPS) is 12.7. The number of nitrogens with zero attached hydrogens (tertiary/aromatic N) is 1. The first-order chi connectivity index (χ1) is 18.2. The van der Waals surface area contributed by atoms with Crippen LogP contribution in [0.25, 0.3) is 10.8 Å². The second kappa shape index (κ2) is 11.4. The number of hydrogen-bond donors (Lipinski definition) is 4. The fourth-order valence-electron chi connectivity index (χ4n) is 5.03. The number of rotatable bonds is 9. The number of nitrogens with one attached hydrogen (secondary N) is 2. The number of pyridine rings is 1. The van der Waals surface area contributed by atoms with Gasteiger partial charge in [-0.2, -0.15) is 0 Å². The summed E-state index contributed by atoms with van der Waals surface area (Å²) in [5, 5.41) is 15.0. The molecule has 7 heteroatoms. The van der Waals surface area contributed by atoms with Gasteiger partial charge in [-0.05, 0) is 77.7 Å². The number of carbonyl (C=O) groups is 1. The van der Waals surface area contributed by atoms with Gasteiger partial charge in [0.15, 0.2) is 0 Å². The molecule has 1 heterocycles. The molecule has 0 saturated heterocycles. The SMILES string of the molecule is CCC[C@H](C)c1ccc(C(Nc2ccc3cc[nH]c(=O)c3c2)C(=O)N(C)Cc2cc(N)ccc2O)cc1C. The third-order valence-electron chi connectivity index (χ3n) is 7.10. The van der Waals surface area contributed by atoms with Gasteiger partial charge in [-0.25, -0.2) is 0 Å². The number of fused-ring (bicyclic) bond motifs is 1. The van der Waals surface area contributed by atoms with Gasteiger partial charge in [-0.1, -0.05) is 44.5 Å². The largest absolute Gasteiger partial charge is 0.508 e. The highest BCUT2D eigenvalue weighted by molar-refractivity contribution is 5.89. The number of carbonyl (C=O) groups excluding carboxylic acids is 1. The van der Waals surface area contributed by atoms with Gasteiger partial charge >= 0.3 is 0 Å². The van der Waals surface area contributed by atoms with E-state index in [1.165, 1.54) is 11.6 Å². The van der Waals surface area contributed by atoms with Crippen molar-refractivity contribution in [2.45, 2.75) is 52.1 Å². The second-order valence-electron chi connectivity index (χ2n) is 10.1. The zero-order valence-corrected chi connectivity index (χ0v) is 22.4. The van der Waals surface area contributed by atoms with E-state index in [2.05, 4.69) is 43.2 Å². The molecule has 4 aromatic rings. The van der Waals surface area contributed by atoms with Gasteiger partial charge in [-0.15, -0.1) is 0 Å². The molecule has 1 aromatic heterocycles. The number of aryl methyl sites for hydroxylation is 1. The van der Waals surface area contributed by atoms with E-state index in [1.54, 1.807) is 36.3 Å². The Balaban J connectivity index is 1.71. The zero-order valence-electron chi connectivity index (χ0n) is 22.4. The number of nitrogen functional groups attached to an aromatic ring is 1.